The molecule has 390 valence electrons. The Balaban J connectivity index is 1.15. The number of aromatic nitrogens is 1. The van der Waals surface area contributed by atoms with E-state index in [-0.39, 0.29) is 0 Å². The molecule has 82 heavy (non-hydrogen) atoms. The highest BCUT2D eigenvalue weighted by molar-refractivity contribution is 6.24. The molecular weight excluding hydrogens is 995 g/mol. The fraction of sp³-hybridized carbons (Fsp3) is 0.103. The van der Waals surface area contributed by atoms with E-state index >= 15 is 0 Å². The summed E-state index contributed by atoms with van der Waals surface area (Å²) in [6.07, 6.45) is 0. The van der Waals surface area contributed by atoms with Gasteiger partial charge in [-0.05, 0) is 172 Å². The van der Waals surface area contributed by atoms with Crippen LogP contribution in [0.3, 0.4) is 0 Å². The van der Waals surface area contributed by atoms with E-state index in [0.717, 1.165) is 50.4 Å². The lowest BCUT2D eigenvalue weighted by molar-refractivity contribution is 0.665. The van der Waals surface area contributed by atoms with Crippen molar-refractivity contribution in [1.82, 2.24) is 4.57 Å². The summed E-state index contributed by atoms with van der Waals surface area (Å²) in [4.78, 5) is 5.07. The minimum absolute atomic E-state index is 0.473. The van der Waals surface area contributed by atoms with Gasteiger partial charge in [-0.25, -0.2) is 0 Å². The second kappa shape index (κ2) is 16.8. The number of fused-ring (bicyclic) bond motifs is 22. The Kier molecular flexibility index (Phi) is 9.64. The third-order valence-electron chi connectivity index (χ3n) is 18.8. The van der Waals surface area contributed by atoms with Gasteiger partial charge in [-0.3, -0.25) is 0 Å². The molecule has 1 unspecified atom stereocenters. The van der Waals surface area contributed by atoms with Crippen molar-refractivity contribution in [3.63, 3.8) is 0 Å². The Labute approximate surface area is 477 Å². The number of anilines is 6. The van der Waals surface area contributed by atoms with Crippen molar-refractivity contribution < 1.29 is 4.42 Å². The maximum absolute atomic E-state index is 7.54. The van der Waals surface area contributed by atoms with Crippen molar-refractivity contribution in [1.29, 1.82) is 0 Å². The van der Waals surface area contributed by atoms with E-state index in [9.17, 15) is 0 Å². The molecule has 2 aliphatic carbocycles. The summed E-state index contributed by atoms with van der Waals surface area (Å²) in [7, 11) is 0. The molecule has 0 fully saturated rings. The van der Waals surface area contributed by atoms with Crippen LogP contribution in [0.4, 0.5) is 34.1 Å². The van der Waals surface area contributed by atoms with Crippen LogP contribution in [0.15, 0.2) is 241 Å². The molecule has 1 aliphatic heterocycles. The zero-order valence-electron chi connectivity index (χ0n) is 46.8. The monoisotopic (exact) mass is 1050 g/mol. The van der Waals surface area contributed by atoms with Gasteiger partial charge in [-0.1, -0.05) is 195 Å². The zero-order valence-corrected chi connectivity index (χ0v) is 46.8. The van der Waals surface area contributed by atoms with Gasteiger partial charge in [0.1, 0.15) is 5.58 Å². The standard InChI is InChI=1S/C78H57N3O/c1-46-36-40-62(48(3)42-46)79(51-23-9-7-10-24-51)66-44-60-71(69-57-39-38-50-22-13-14-27-53(50)73(57)77(5,6)74(66)69)72-61(78(60)58-31-17-19-34-65(58)81-64-33-18-15-28-54(64)55-30-21-32-59(78)75(55)81)45-67(76-70(72)56-29-16-20-35-68(56)82-76)80(52-25-11-8-12-26-52)63-41-37-47(2)43-49(63)4/h7-45H,1-6H3. The summed E-state index contributed by atoms with van der Waals surface area (Å²) in [6.45, 7) is 13.9. The SMILES string of the molecule is Cc1ccc(N(c2ccccc2)c2cc3c(c4c2C(C)(C)c2c-4ccc4ccccc24)-c2c(cc(N(c4ccccc4)c4ccc(C)cc4C)c4oc5ccccc5c24)C32c3ccccc3-n3c4ccccc4c4cccc2c43)c(C)c1. The third-order valence-corrected chi connectivity index (χ3v) is 18.8. The molecule has 14 aromatic rings. The first-order chi connectivity index (χ1) is 40.1. The Morgan fingerprint density at radius 3 is 1.70 bits per heavy atom. The normalized spacial score (nSPS) is 15.1. The van der Waals surface area contributed by atoms with Crippen LogP contribution in [-0.4, -0.2) is 4.57 Å². The van der Waals surface area contributed by atoms with Gasteiger partial charge in [0.25, 0.3) is 0 Å². The summed E-state index contributed by atoms with van der Waals surface area (Å²) in [6, 6.07) is 89.2. The number of hydrogen-bond acceptors (Lipinski definition) is 3. The largest absolute Gasteiger partial charge is 0.454 e. The summed E-state index contributed by atoms with van der Waals surface area (Å²) < 4.78 is 10.1. The minimum Gasteiger partial charge on any atom is -0.454 e. The smallest absolute Gasteiger partial charge is 0.160 e. The fourth-order valence-corrected chi connectivity index (χ4v) is 15.7. The van der Waals surface area contributed by atoms with E-state index in [4.69, 9.17) is 4.42 Å². The molecule has 4 nitrogen and oxygen atoms in total. The van der Waals surface area contributed by atoms with E-state index in [1.54, 1.807) is 0 Å². The molecule has 0 saturated heterocycles. The molecule has 0 amide bonds. The number of hydrogen-bond donors (Lipinski definition) is 0. The molecule has 3 heterocycles. The molecule has 2 aromatic heterocycles. The van der Waals surface area contributed by atoms with Crippen molar-refractivity contribution in [2.24, 2.45) is 0 Å². The van der Waals surface area contributed by atoms with E-state index in [1.807, 2.05) is 0 Å². The molecular formula is C78H57N3O. The summed E-state index contributed by atoms with van der Waals surface area (Å²) >= 11 is 0. The second-order valence-electron chi connectivity index (χ2n) is 23.8. The quantitative estimate of drug-likeness (QED) is 0.166. The molecule has 4 heteroatoms. The Morgan fingerprint density at radius 2 is 0.976 bits per heavy atom. The van der Waals surface area contributed by atoms with Crippen LogP contribution in [0.5, 0.6) is 0 Å². The van der Waals surface area contributed by atoms with Crippen molar-refractivity contribution in [3.8, 4) is 27.9 Å². The van der Waals surface area contributed by atoms with E-state index in [1.165, 1.54) is 122 Å². The highest BCUT2D eigenvalue weighted by atomic mass is 16.3. The van der Waals surface area contributed by atoms with Crippen LogP contribution >= 0.6 is 0 Å². The number of benzene rings is 12. The highest BCUT2D eigenvalue weighted by Crippen LogP contribution is 2.70. The van der Waals surface area contributed by atoms with Gasteiger partial charge < -0.3 is 18.8 Å². The molecule has 3 aliphatic rings. The van der Waals surface area contributed by atoms with E-state index in [0.29, 0.717) is 0 Å². The second-order valence-corrected chi connectivity index (χ2v) is 23.8. The predicted octanol–water partition coefficient (Wildman–Crippen LogP) is 21.0. The average molecular weight is 1050 g/mol. The Bertz CT molecular complexity index is 5080. The van der Waals surface area contributed by atoms with Gasteiger partial charge in [0.2, 0.25) is 0 Å². The van der Waals surface area contributed by atoms with Crippen molar-refractivity contribution in [2.75, 3.05) is 9.80 Å². The Hall–Kier alpha value is -9.90. The van der Waals surface area contributed by atoms with Gasteiger partial charge >= 0.3 is 0 Å². The summed E-state index contributed by atoms with van der Waals surface area (Å²) in [5, 5.41) is 7.23. The molecule has 0 saturated carbocycles. The van der Waals surface area contributed by atoms with E-state index in [2.05, 4.69) is 292 Å². The average Bonchev–Trinajstić information content (AvgIpc) is 1.59. The first kappa shape index (κ1) is 47.0. The van der Waals surface area contributed by atoms with Crippen molar-refractivity contribution in [2.45, 2.75) is 52.4 Å². The Morgan fingerprint density at radius 1 is 0.402 bits per heavy atom. The lowest BCUT2D eigenvalue weighted by Gasteiger charge is -2.41. The first-order valence-electron chi connectivity index (χ1n) is 28.8. The summed E-state index contributed by atoms with van der Waals surface area (Å²) in [5.74, 6) is 0. The summed E-state index contributed by atoms with van der Waals surface area (Å²) in [5.41, 5.74) is 28.2. The van der Waals surface area contributed by atoms with Crippen molar-refractivity contribution in [3.05, 3.63) is 292 Å². The maximum Gasteiger partial charge on any atom is 0.160 e. The van der Waals surface area contributed by atoms with Gasteiger partial charge in [0.05, 0.1) is 33.5 Å². The van der Waals surface area contributed by atoms with E-state index < -0.39 is 10.8 Å². The number of aryl methyl sites for hydroxylation is 4. The topological polar surface area (TPSA) is 24.6 Å². The predicted molar refractivity (Wildman–Crippen MR) is 342 cm³/mol. The van der Waals surface area contributed by atoms with Crippen LogP contribution in [0.1, 0.15) is 69.5 Å². The van der Waals surface area contributed by atoms with Crippen LogP contribution in [0.2, 0.25) is 0 Å². The maximum atomic E-state index is 7.54. The van der Waals surface area contributed by atoms with Gasteiger partial charge in [-0.2, -0.15) is 0 Å². The van der Waals surface area contributed by atoms with Crippen LogP contribution in [-0.2, 0) is 10.8 Å². The lowest BCUT2D eigenvalue weighted by Crippen LogP contribution is -2.34. The van der Waals surface area contributed by atoms with Gasteiger partial charge in [-0.15, -0.1) is 0 Å². The molecule has 17 rings (SSSR count). The molecule has 0 bridgehead atoms. The van der Waals surface area contributed by atoms with Crippen molar-refractivity contribution >= 4 is 88.6 Å². The number of furan rings is 1. The van der Waals surface area contributed by atoms with Gasteiger partial charge in [0.15, 0.2) is 5.58 Å². The lowest BCUT2D eigenvalue weighted by atomic mass is 9.64. The van der Waals surface area contributed by atoms with Crippen LogP contribution < -0.4 is 9.80 Å². The van der Waals surface area contributed by atoms with Gasteiger partial charge in [0, 0.05) is 49.7 Å². The van der Waals surface area contributed by atoms with Crippen LogP contribution in [0.25, 0.3) is 82.5 Å². The molecule has 0 radical (unpaired) electrons. The first-order valence-corrected chi connectivity index (χ1v) is 28.8. The van der Waals surface area contributed by atoms with Crippen LogP contribution in [0, 0.1) is 27.7 Å². The molecule has 1 spiro atoms. The number of nitrogens with zero attached hydrogens (tertiary/aromatic N) is 3. The molecule has 12 aromatic carbocycles. The number of para-hydroxylation sites is 6. The zero-order chi connectivity index (χ0) is 54.9. The number of rotatable bonds is 6. The fourth-order valence-electron chi connectivity index (χ4n) is 15.7. The third kappa shape index (κ3) is 6.06. The highest BCUT2D eigenvalue weighted by Gasteiger charge is 2.56. The molecule has 1 atom stereocenters. The molecule has 0 N–H and O–H groups in total. The minimum atomic E-state index is -0.880.